The van der Waals surface area contributed by atoms with Gasteiger partial charge in [0.05, 0.1) is 5.57 Å². The van der Waals surface area contributed by atoms with Gasteiger partial charge in [0.15, 0.2) is 0 Å². The lowest BCUT2D eigenvalue weighted by molar-refractivity contribution is -0.140. The summed E-state index contributed by atoms with van der Waals surface area (Å²) in [5, 5.41) is 9.14. The molecule has 0 fully saturated rings. The van der Waals surface area contributed by atoms with Crippen molar-refractivity contribution in [1.82, 2.24) is 0 Å². The number of halogens is 7. The Morgan fingerprint density at radius 3 is 2.17 bits per heavy atom. The van der Waals surface area contributed by atoms with E-state index >= 15 is 0 Å². The molecule has 24 heavy (non-hydrogen) atoms. The van der Waals surface area contributed by atoms with Gasteiger partial charge in [0.1, 0.15) is 17.3 Å². The third kappa shape index (κ3) is 3.57. The Kier molecular flexibility index (Phi) is 4.42. The fourth-order valence-electron chi connectivity index (χ4n) is 2.17. The molecule has 0 bridgehead atoms. The Balaban J connectivity index is 2.52. The first kappa shape index (κ1) is 18.0. The van der Waals surface area contributed by atoms with Gasteiger partial charge < -0.3 is 5.32 Å². The van der Waals surface area contributed by atoms with Crippen LogP contribution in [0.4, 0.5) is 36.4 Å². The minimum absolute atomic E-state index is 0.368. The van der Waals surface area contributed by atoms with Gasteiger partial charge in [-0.3, -0.25) is 10.2 Å². The van der Waals surface area contributed by atoms with E-state index < -0.39 is 59.3 Å². The van der Waals surface area contributed by atoms with E-state index in [1.165, 1.54) is 0 Å². The number of hydrogen-bond acceptors (Lipinski definition) is 3. The van der Waals surface area contributed by atoms with Gasteiger partial charge in [-0.25, -0.2) is 8.78 Å². The molecule has 0 saturated carbocycles. The maximum Gasteiger partial charge on any atom is 0.433 e. The third-order valence-corrected chi connectivity index (χ3v) is 3.24. The molecule has 0 aliphatic heterocycles. The number of carbonyl (C=O) groups excluding carboxylic acids is 1. The van der Waals surface area contributed by atoms with Crippen LogP contribution in [0.15, 0.2) is 29.5 Å². The number of alkyl halides is 5. The lowest BCUT2D eigenvalue weighted by atomic mass is 9.88. The topological polar surface area (TPSA) is 53.0 Å². The van der Waals surface area contributed by atoms with Crippen molar-refractivity contribution in [3.05, 3.63) is 41.1 Å². The number of anilines is 1. The van der Waals surface area contributed by atoms with Gasteiger partial charge in [-0.2, -0.15) is 22.0 Å². The van der Waals surface area contributed by atoms with Gasteiger partial charge in [-0.05, 0) is 18.6 Å². The Bertz CT molecular complexity index is 717. The SMILES string of the molecule is N=C(C1=C(Nc2cc(F)cc(F)c2)CCC(F)(F)C1=O)C(F)(F)F. The number of nitrogens with one attached hydrogen (secondary N) is 2. The van der Waals surface area contributed by atoms with Gasteiger partial charge in [0.2, 0.25) is 5.78 Å². The standard InChI is InChI=1S/C14H9F7N2O/c15-6-3-7(16)5-8(4-6)23-9-1-2-13(17,18)12(24)10(9)11(22)14(19,20)21/h3-5,22-23H,1-2H2. The molecule has 0 unspecified atom stereocenters. The molecule has 0 spiro atoms. The number of carbonyl (C=O) groups is 1. The summed E-state index contributed by atoms with van der Waals surface area (Å²) in [7, 11) is 0. The van der Waals surface area contributed by atoms with Gasteiger partial charge >= 0.3 is 12.1 Å². The lowest BCUT2D eigenvalue weighted by Gasteiger charge is -2.27. The molecular formula is C14H9F7N2O. The summed E-state index contributed by atoms with van der Waals surface area (Å²) in [6.07, 6.45) is -7.12. The molecular weight excluding hydrogens is 345 g/mol. The van der Waals surface area contributed by atoms with Crippen LogP contribution in [-0.4, -0.2) is 23.6 Å². The normalized spacial score (nSPS) is 17.9. The second-order valence-corrected chi connectivity index (χ2v) is 5.04. The van der Waals surface area contributed by atoms with Crippen LogP contribution < -0.4 is 5.32 Å². The van der Waals surface area contributed by atoms with Crippen molar-refractivity contribution in [1.29, 1.82) is 5.41 Å². The highest BCUT2D eigenvalue weighted by atomic mass is 19.4. The van der Waals surface area contributed by atoms with Crippen molar-refractivity contribution in [3.63, 3.8) is 0 Å². The van der Waals surface area contributed by atoms with Gasteiger partial charge in [0.25, 0.3) is 0 Å². The number of allylic oxidation sites excluding steroid dienone is 2. The number of benzene rings is 1. The Morgan fingerprint density at radius 1 is 1.12 bits per heavy atom. The molecule has 10 heteroatoms. The number of rotatable bonds is 3. The molecule has 0 radical (unpaired) electrons. The summed E-state index contributed by atoms with van der Waals surface area (Å²) in [4.78, 5) is 11.6. The average molecular weight is 354 g/mol. The highest BCUT2D eigenvalue weighted by molar-refractivity contribution is 6.26. The van der Waals surface area contributed by atoms with E-state index in [2.05, 4.69) is 5.32 Å². The van der Waals surface area contributed by atoms with Crippen LogP contribution in [0.1, 0.15) is 12.8 Å². The smallest absolute Gasteiger partial charge is 0.358 e. The molecule has 0 saturated heterocycles. The van der Waals surface area contributed by atoms with E-state index in [9.17, 15) is 35.5 Å². The average Bonchev–Trinajstić information content (AvgIpc) is 2.41. The Hall–Kier alpha value is -2.39. The zero-order valence-electron chi connectivity index (χ0n) is 11.7. The van der Waals surface area contributed by atoms with Crippen LogP contribution in [0.3, 0.4) is 0 Å². The summed E-state index contributed by atoms with van der Waals surface area (Å²) in [6.45, 7) is 0. The maximum absolute atomic E-state index is 13.4. The second kappa shape index (κ2) is 5.91. The van der Waals surface area contributed by atoms with Crippen molar-refractivity contribution in [2.24, 2.45) is 0 Å². The molecule has 1 aromatic rings. The van der Waals surface area contributed by atoms with Crippen molar-refractivity contribution in [2.75, 3.05) is 5.32 Å². The third-order valence-electron chi connectivity index (χ3n) is 3.24. The van der Waals surface area contributed by atoms with E-state index in [0.29, 0.717) is 18.2 Å². The summed E-state index contributed by atoms with van der Waals surface area (Å²) >= 11 is 0. The van der Waals surface area contributed by atoms with E-state index in [4.69, 9.17) is 5.41 Å². The van der Waals surface area contributed by atoms with E-state index in [0.717, 1.165) is 0 Å². The van der Waals surface area contributed by atoms with Crippen LogP contribution in [0.5, 0.6) is 0 Å². The van der Waals surface area contributed by atoms with Gasteiger partial charge in [-0.15, -0.1) is 0 Å². The van der Waals surface area contributed by atoms with Gasteiger partial charge in [0, 0.05) is 23.9 Å². The molecule has 0 amide bonds. The summed E-state index contributed by atoms with van der Waals surface area (Å²) < 4.78 is 91.2. The predicted octanol–water partition coefficient (Wildman–Crippen LogP) is 4.21. The van der Waals surface area contributed by atoms with E-state index in [1.54, 1.807) is 0 Å². The monoisotopic (exact) mass is 354 g/mol. The fourth-order valence-corrected chi connectivity index (χ4v) is 2.17. The van der Waals surface area contributed by atoms with Crippen LogP contribution in [-0.2, 0) is 4.79 Å². The molecule has 1 aliphatic carbocycles. The van der Waals surface area contributed by atoms with Crippen LogP contribution in [0.25, 0.3) is 0 Å². The fraction of sp³-hybridized carbons (Fsp3) is 0.286. The first-order valence-corrected chi connectivity index (χ1v) is 6.47. The molecule has 0 heterocycles. The molecule has 130 valence electrons. The van der Waals surface area contributed by atoms with Crippen LogP contribution in [0.2, 0.25) is 0 Å². The van der Waals surface area contributed by atoms with Crippen molar-refractivity contribution in [3.8, 4) is 0 Å². The molecule has 2 rings (SSSR count). The largest absolute Gasteiger partial charge is 0.433 e. The summed E-state index contributed by atoms with van der Waals surface area (Å²) in [6, 6.07) is 1.92. The van der Waals surface area contributed by atoms with Crippen molar-refractivity contribution < 1.29 is 35.5 Å². The van der Waals surface area contributed by atoms with Crippen LogP contribution in [0, 0.1) is 17.0 Å². The van der Waals surface area contributed by atoms with Gasteiger partial charge in [-0.1, -0.05) is 0 Å². The highest BCUT2D eigenvalue weighted by Crippen LogP contribution is 2.37. The predicted molar refractivity (Wildman–Crippen MR) is 70.0 cm³/mol. The molecule has 2 N–H and O–H groups in total. The first-order chi connectivity index (χ1) is 10.9. The quantitative estimate of drug-likeness (QED) is 0.631. The second-order valence-electron chi connectivity index (χ2n) is 5.04. The maximum atomic E-state index is 13.4. The molecule has 0 atom stereocenters. The highest BCUT2D eigenvalue weighted by Gasteiger charge is 2.51. The van der Waals surface area contributed by atoms with Crippen molar-refractivity contribution in [2.45, 2.75) is 24.9 Å². The van der Waals surface area contributed by atoms with Crippen LogP contribution >= 0.6 is 0 Å². The minimum atomic E-state index is -5.33. The zero-order chi connectivity index (χ0) is 18.3. The number of ketones is 1. The van der Waals surface area contributed by atoms with E-state index in [1.807, 2.05) is 0 Å². The van der Waals surface area contributed by atoms with E-state index in [-0.39, 0.29) is 5.69 Å². The number of hydrogen-bond donors (Lipinski definition) is 2. The van der Waals surface area contributed by atoms with Crippen molar-refractivity contribution >= 4 is 17.2 Å². The first-order valence-electron chi connectivity index (χ1n) is 6.47. The summed E-state index contributed by atoms with van der Waals surface area (Å²) in [5.74, 6) is -8.32. The zero-order valence-corrected chi connectivity index (χ0v) is 11.7. The Morgan fingerprint density at radius 2 is 1.67 bits per heavy atom. The molecule has 1 aromatic carbocycles. The molecule has 3 nitrogen and oxygen atoms in total. The minimum Gasteiger partial charge on any atom is -0.358 e. The Labute approximate surface area is 130 Å². The molecule has 0 aromatic heterocycles. The molecule has 1 aliphatic rings. The lowest BCUT2D eigenvalue weighted by Crippen LogP contribution is -2.41. The number of Topliss-reactive ketones (excluding diaryl/α,β-unsaturated/α-hetero) is 1. The summed E-state index contributed by atoms with van der Waals surface area (Å²) in [5.41, 5.74) is -4.79.